The first-order valence-electron chi connectivity index (χ1n) is 5.40. The molecule has 1 aliphatic rings. The number of nitrogens with one attached hydrogen (secondary N) is 2. The third-order valence-corrected chi connectivity index (χ3v) is 3.01. The zero-order valence-corrected chi connectivity index (χ0v) is 9.25. The zero-order chi connectivity index (χ0) is 10.8. The molecule has 2 unspecified atom stereocenters. The summed E-state index contributed by atoms with van der Waals surface area (Å²) in [6.45, 7) is 4.42. The van der Waals surface area contributed by atoms with Crippen molar-refractivity contribution in [2.24, 2.45) is 0 Å². The average Bonchev–Trinajstić information content (AvgIpc) is 2.70. The molecule has 1 aromatic carbocycles. The van der Waals surface area contributed by atoms with E-state index in [9.17, 15) is 0 Å². The van der Waals surface area contributed by atoms with Crippen LogP contribution in [0.25, 0.3) is 0 Å². The maximum atomic E-state index is 9.05. The molecule has 0 aromatic heterocycles. The van der Waals surface area contributed by atoms with Gasteiger partial charge in [-0.15, -0.1) is 0 Å². The number of aliphatic hydroxyl groups excluding tert-OH is 1. The van der Waals surface area contributed by atoms with Gasteiger partial charge in [0.1, 0.15) is 0 Å². The molecule has 1 aliphatic heterocycles. The lowest BCUT2D eigenvalue weighted by Crippen LogP contribution is -2.32. The topological polar surface area (TPSA) is 44.3 Å². The minimum atomic E-state index is 0.176. The van der Waals surface area contributed by atoms with Gasteiger partial charge in [-0.3, -0.25) is 5.43 Å². The molecule has 2 rings (SSSR count). The van der Waals surface area contributed by atoms with Gasteiger partial charge in [0.25, 0.3) is 0 Å². The Labute approximate surface area is 90.5 Å². The van der Waals surface area contributed by atoms with Gasteiger partial charge in [-0.2, -0.15) is 0 Å². The summed E-state index contributed by atoms with van der Waals surface area (Å²) in [4.78, 5) is 0. The molecule has 1 fully saturated rings. The van der Waals surface area contributed by atoms with Crippen molar-refractivity contribution in [3.63, 3.8) is 0 Å². The van der Waals surface area contributed by atoms with Crippen molar-refractivity contribution in [1.82, 2.24) is 10.9 Å². The summed E-state index contributed by atoms with van der Waals surface area (Å²) >= 11 is 0. The fraction of sp³-hybridized carbons (Fsp3) is 0.500. The Bertz CT molecular complexity index is 351. The standard InChI is InChI=1S/C12H18N2O/c1-8-3-4-9(2)11(5-8)12-6-10(7-15)13-14-12/h3-5,10,12-15H,6-7H2,1-2H3. The van der Waals surface area contributed by atoms with Gasteiger partial charge in [0.2, 0.25) is 0 Å². The van der Waals surface area contributed by atoms with Gasteiger partial charge < -0.3 is 5.11 Å². The predicted molar refractivity (Wildman–Crippen MR) is 60.4 cm³/mol. The summed E-state index contributed by atoms with van der Waals surface area (Å²) in [5, 5.41) is 9.05. The Kier molecular flexibility index (Phi) is 3.05. The molecule has 82 valence electrons. The van der Waals surface area contributed by atoms with E-state index < -0.39 is 0 Å². The molecule has 0 spiro atoms. The minimum absolute atomic E-state index is 0.176. The fourth-order valence-electron chi connectivity index (χ4n) is 2.08. The molecule has 1 aromatic rings. The van der Waals surface area contributed by atoms with Crippen LogP contribution in [0, 0.1) is 13.8 Å². The molecular formula is C12H18N2O. The Morgan fingerprint density at radius 3 is 2.80 bits per heavy atom. The quantitative estimate of drug-likeness (QED) is 0.681. The molecule has 3 heteroatoms. The van der Waals surface area contributed by atoms with Crippen LogP contribution in [0.1, 0.15) is 29.2 Å². The van der Waals surface area contributed by atoms with Gasteiger partial charge in [-0.25, -0.2) is 5.43 Å². The van der Waals surface area contributed by atoms with Gasteiger partial charge in [0.15, 0.2) is 0 Å². The molecule has 0 bridgehead atoms. The van der Waals surface area contributed by atoms with Gasteiger partial charge in [-0.05, 0) is 31.4 Å². The van der Waals surface area contributed by atoms with Crippen LogP contribution in [-0.4, -0.2) is 17.8 Å². The second-order valence-corrected chi connectivity index (χ2v) is 4.32. The summed E-state index contributed by atoms with van der Waals surface area (Å²) in [5.41, 5.74) is 10.3. The lowest BCUT2D eigenvalue weighted by molar-refractivity contribution is 0.251. The van der Waals surface area contributed by atoms with E-state index in [-0.39, 0.29) is 12.6 Å². The highest BCUT2D eigenvalue weighted by Crippen LogP contribution is 2.25. The zero-order valence-electron chi connectivity index (χ0n) is 9.25. The lowest BCUT2D eigenvalue weighted by atomic mass is 9.96. The monoisotopic (exact) mass is 206 g/mol. The van der Waals surface area contributed by atoms with E-state index in [2.05, 4.69) is 42.9 Å². The number of benzene rings is 1. The number of hydrogen-bond acceptors (Lipinski definition) is 3. The maximum Gasteiger partial charge on any atom is 0.0598 e. The first-order chi connectivity index (χ1) is 7.20. The lowest BCUT2D eigenvalue weighted by Gasteiger charge is -2.13. The molecule has 3 nitrogen and oxygen atoms in total. The summed E-state index contributed by atoms with van der Waals surface area (Å²) in [7, 11) is 0. The first kappa shape index (κ1) is 10.6. The Morgan fingerprint density at radius 2 is 2.13 bits per heavy atom. The largest absolute Gasteiger partial charge is 0.395 e. The van der Waals surface area contributed by atoms with E-state index in [4.69, 9.17) is 5.11 Å². The second kappa shape index (κ2) is 4.31. The predicted octanol–water partition coefficient (Wildman–Crippen LogP) is 1.20. The molecule has 0 radical (unpaired) electrons. The van der Waals surface area contributed by atoms with Gasteiger partial charge in [0, 0.05) is 12.1 Å². The smallest absolute Gasteiger partial charge is 0.0598 e. The number of rotatable bonds is 2. The van der Waals surface area contributed by atoms with Crippen molar-refractivity contribution < 1.29 is 5.11 Å². The molecule has 0 saturated carbocycles. The van der Waals surface area contributed by atoms with Crippen molar-refractivity contribution in [3.8, 4) is 0 Å². The van der Waals surface area contributed by atoms with Crippen LogP contribution < -0.4 is 10.9 Å². The first-order valence-corrected chi connectivity index (χ1v) is 5.40. The van der Waals surface area contributed by atoms with Crippen LogP contribution in [-0.2, 0) is 0 Å². The van der Waals surface area contributed by atoms with Crippen LogP contribution in [0.15, 0.2) is 18.2 Å². The number of hydrazine groups is 1. The molecular weight excluding hydrogens is 188 g/mol. The molecule has 3 N–H and O–H groups in total. The van der Waals surface area contributed by atoms with Crippen molar-refractivity contribution >= 4 is 0 Å². The van der Waals surface area contributed by atoms with Crippen LogP contribution in [0.2, 0.25) is 0 Å². The van der Waals surface area contributed by atoms with Crippen molar-refractivity contribution in [2.45, 2.75) is 32.4 Å². The second-order valence-electron chi connectivity index (χ2n) is 4.32. The third kappa shape index (κ3) is 2.20. The Morgan fingerprint density at radius 1 is 1.33 bits per heavy atom. The summed E-state index contributed by atoms with van der Waals surface area (Å²) in [5.74, 6) is 0. The summed E-state index contributed by atoms with van der Waals surface area (Å²) in [6.07, 6.45) is 0.945. The van der Waals surface area contributed by atoms with Crippen molar-refractivity contribution in [2.75, 3.05) is 6.61 Å². The summed E-state index contributed by atoms with van der Waals surface area (Å²) < 4.78 is 0. The third-order valence-electron chi connectivity index (χ3n) is 3.01. The van der Waals surface area contributed by atoms with Crippen LogP contribution in [0.3, 0.4) is 0 Å². The molecule has 0 amide bonds. The van der Waals surface area contributed by atoms with E-state index in [0.29, 0.717) is 6.04 Å². The van der Waals surface area contributed by atoms with Crippen molar-refractivity contribution in [1.29, 1.82) is 0 Å². The molecule has 0 aliphatic carbocycles. The highest BCUT2D eigenvalue weighted by molar-refractivity contribution is 5.33. The fourth-order valence-corrected chi connectivity index (χ4v) is 2.08. The normalized spacial score (nSPS) is 25.8. The van der Waals surface area contributed by atoms with E-state index in [1.54, 1.807) is 0 Å². The average molecular weight is 206 g/mol. The molecule has 2 atom stereocenters. The van der Waals surface area contributed by atoms with E-state index >= 15 is 0 Å². The highest BCUT2D eigenvalue weighted by atomic mass is 16.3. The van der Waals surface area contributed by atoms with Crippen molar-refractivity contribution in [3.05, 3.63) is 34.9 Å². The molecule has 1 heterocycles. The summed E-state index contributed by atoms with van der Waals surface area (Å²) in [6, 6.07) is 6.99. The van der Waals surface area contributed by atoms with Crippen LogP contribution in [0.5, 0.6) is 0 Å². The molecule has 15 heavy (non-hydrogen) atoms. The molecule has 1 saturated heterocycles. The van der Waals surface area contributed by atoms with E-state index in [1.165, 1.54) is 16.7 Å². The van der Waals surface area contributed by atoms with Gasteiger partial charge >= 0.3 is 0 Å². The Balaban J connectivity index is 2.19. The van der Waals surface area contributed by atoms with E-state index in [0.717, 1.165) is 6.42 Å². The van der Waals surface area contributed by atoms with E-state index in [1.807, 2.05) is 0 Å². The Hall–Kier alpha value is -0.900. The number of hydrogen-bond donors (Lipinski definition) is 3. The van der Waals surface area contributed by atoms with Crippen LogP contribution in [0.4, 0.5) is 0 Å². The highest BCUT2D eigenvalue weighted by Gasteiger charge is 2.25. The minimum Gasteiger partial charge on any atom is -0.395 e. The van der Waals surface area contributed by atoms with Gasteiger partial charge in [-0.1, -0.05) is 23.8 Å². The van der Waals surface area contributed by atoms with Crippen LogP contribution >= 0.6 is 0 Å². The number of aryl methyl sites for hydroxylation is 2. The number of aliphatic hydroxyl groups is 1. The van der Waals surface area contributed by atoms with Gasteiger partial charge in [0.05, 0.1) is 6.61 Å². The SMILES string of the molecule is Cc1ccc(C)c(C2CC(CO)NN2)c1. The maximum absolute atomic E-state index is 9.05.